The van der Waals surface area contributed by atoms with Crippen LogP contribution in [0.5, 0.6) is 0 Å². The molecular formula is C26H30FN3O3. The van der Waals surface area contributed by atoms with Gasteiger partial charge in [-0.1, -0.05) is 24.3 Å². The lowest BCUT2D eigenvalue weighted by atomic mass is 9.96. The molecule has 6 nitrogen and oxygen atoms in total. The van der Waals surface area contributed by atoms with Crippen molar-refractivity contribution < 1.29 is 18.8 Å². The van der Waals surface area contributed by atoms with Crippen LogP contribution in [0.2, 0.25) is 0 Å². The third-order valence-electron chi connectivity index (χ3n) is 6.47. The zero-order valence-corrected chi connectivity index (χ0v) is 18.8. The maximum atomic E-state index is 13.1. The van der Waals surface area contributed by atoms with E-state index in [0.29, 0.717) is 30.8 Å². The molecule has 3 amide bonds. The van der Waals surface area contributed by atoms with Gasteiger partial charge in [-0.15, -0.1) is 0 Å². The van der Waals surface area contributed by atoms with E-state index in [1.54, 1.807) is 29.2 Å². The number of nitrogens with zero attached hydrogens (tertiary/aromatic N) is 2. The quantitative estimate of drug-likeness (QED) is 0.750. The molecule has 1 unspecified atom stereocenters. The first-order valence-electron chi connectivity index (χ1n) is 11.7. The van der Waals surface area contributed by atoms with Gasteiger partial charge in [0.2, 0.25) is 11.8 Å². The van der Waals surface area contributed by atoms with Crippen molar-refractivity contribution in [1.82, 2.24) is 9.80 Å². The second kappa shape index (κ2) is 10.6. The summed E-state index contributed by atoms with van der Waals surface area (Å²) in [5.41, 5.74) is 1.78. The molecule has 174 valence electrons. The number of amides is 3. The molecule has 1 atom stereocenters. The van der Waals surface area contributed by atoms with Crippen molar-refractivity contribution in [3.05, 3.63) is 65.5 Å². The Kier molecular flexibility index (Phi) is 7.37. The molecule has 0 aromatic heterocycles. The van der Waals surface area contributed by atoms with E-state index in [0.717, 1.165) is 44.3 Å². The Balaban J connectivity index is 1.39. The summed E-state index contributed by atoms with van der Waals surface area (Å²) < 4.78 is 13.1. The normalized spacial score (nSPS) is 18.6. The molecule has 2 aromatic carbocycles. The van der Waals surface area contributed by atoms with Gasteiger partial charge in [-0.25, -0.2) is 4.39 Å². The Hall–Kier alpha value is -3.22. The summed E-state index contributed by atoms with van der Waals surface area (Å²) in [7, 11) is 0. The molecule has 2 aromatic rings. The van der Waals surface area contributed by atoms with E-state index >= 15 is 0 Å². The summed E-state index contributed by atoms with van der Waals surface area (Å²) in [5.74, 6) is -0.965. The number of hydrogen-bond donors (Lipinski definition) is 1. The van der Waals surface area contributed by atoms with Crippen molar-refractivity contribution in [3.8, 4) is 0 Å². The average molecular weight is 452 g/mol. The van der Waals surface area contributed by atoms with Crippen molar-refractivity contribution in [2.24, 2.45) is 5.92 Å². The van der Waals surface area contributed by atoms with Crippen LogP contribution in [0.4, 0.5) is 10.1 Å². The molecule has 2 fully saturated rings. The van der Waals surface area contributed by atoms with Crippen LogP contribution in [0.15, 0.2) is 48.5 Å². The number of benzene rings is 2. The highest BCUT2D eigenvalue weighted by Gasteiger charge is 2.29. The molecule has 7 heteroatoms. The van der Waals surface area contributed by atoms with E-state index in [1.807, 2.05) is 17.0 Å². The minimum absolute atomic E-state index is 0.0506. The molecule has 2 heterocycles. The van der Waals surface area contributed by atoms with Crippen LogP contribution in [0.3, 0.4) is 0 Å². The van der Waals surface area contributed by atoms with Crippen molar-refractivity contribution >= 4 is 23.4 Å². The van der Waals surface area contributed by atoms with Gasteiger partial charge in [0.1, 0.15) is 5.82 Å². The maximum absolute atomic E-state index is 13.1. The molecule has 2 aliphatic heterocycles. The maximum Gasteiger partial charge on any atom is 0.255 e. The monoisotopic (exact) mass is 451 g/mol. The van der Waals surface area contributed by atoms with Crippen molar-refractivity contribution in [1.29, 1.82) is 0 Å². The van der Waals surface area contributed by atoms with Gasteiger partial charge in [0, 0.05) is 26.2 Å². The summed E-state index contributed by atoms with van der Waals surface area (Å²) in [6.45, 7) is 2.44. The fourth-order valence-electron chi connectivity index (χ4n) is 4.59. The number of nitrogens with one attached hydrogen (secondary N) is 1. The standard InChI is InChI=1S/C26H30FN3O3/c27-21-12-10-19(11-13-21)17-24(31)30-16-6-7-20(18-30)25(32)28-23-9-3-2-8-22(23)26(33)29-14-4-1-5-15-29/h2-3,8-13,20H,1,4-7,14-18H2,(H,28,32). The van der Waals surface area contributed by atoms with Crippen molar-refractivity contribution in [3.63, 3.8) is 0 Å². The van der Waals surface area contributed by atoms with Gasteiger partial charge in [-0.05, 0) is 61.9 Å². The first-order valence-corrected chi connectivity index (χ1v) is 11.7. The number of rotatable bonds is 5. The van der Waals surface area contributed by atoms with E-state index in [4.69, 9.17) is 0 Å². The molecule has 4 rings (SSSR count). The largest absolute Gasteiger partial charge is 0.342 e. The van der Waals surface area contributed by atoms with E-state index < -0.39 is 0 Å². The van der Waals surface area contributed by atoms with Crippen molar-refractivity contribution in [2.45, 2.75) is 38.5 Å². The fraction of sp³-hybridized carbons (Fsp3) is 0.423. The molecule has 2 saturated heterocycles. The van der Waals surface area contributed by atoms with Crippen LogP contribution in [-0.4, -0.2) is 53.7 Å². The number of anilines is 1. The molecule has 0 spiro atoms. The highest BCUT2D eigenvalue weighted by Crippen LogP contribution is 2.23. The Labute approximate surface area is 193 Å². The number of carbonyl (C=O) groups excluding carboxylic acids is 3. The minimum atomic E-state index is -0.339. The molecule has 33 heavy (non-hydrogen) atoms. The van der Waals surface area contributed by atoms with E-state index in [9.17, 15) is 18.8 Å². The first kappa shape index (κ1) is 23.0. The highest BCUT2D eigenvalue weighted by molar-refractivity contribution is 6.04. The van der Waals surface area contributed by atoms with Crippen molar-refractivity contribution in [2.75, 3.05) is 31.5 Å². The van der Waals surface area contributed by atoms with Gasteiger partial charge in [-0.3, -0.25) is 14.4 Å². The van der Waals surface area contributed by atoms with Crippen LogP contribution in [-0.2, 0) is 16.0 Å². The third kappa shape index (κ3) is 5.78. The molecule has 0 radical (unpaired) electrons. The Morgan fingerprint density at radius 3 is 2.33 bits per heavy atom. The second-order valence-electron chi connectivity index (χ2n) is 8.87. The van der Waals surface area contributed by atoms with Gasteiger partial charge in [0.15, 0.2) is 0 Å². The minimum Gasteiger partial charge on any atom is -0.342 e. The van der Waals surface area contributed by atoms with Gasteiger partial charge >= 0.3 is 0 Å². The fourth-order valence-corrected chi connectivity index (χ4v) is 4.59. The van der Waals surface area contributed by atoms with Crippen LogP contribution >= 0.6 is 0 Å². The predicted molar refractivity (Wildman–Crippen MR) is 124 cm³/mol. The third-order valence-corrected chi connectivity index (χ3v) is 6.47. The number of hydrogen-bond acceptors (Lipinski definition) is 3. The Bertz CT molecular complexity index is 1000. The number of likely N-dealkylation sites (tertiary alicyclic amines) is 2. The summed E-state index contributed by atoms with van der Waals surface area (Å²) in [5, 5.41) is 2.95. The lowest BCUT2D eigenvalue weighted by Crippen LogP contribution is -2.44. The lowest BCUT2D eigenvalue weighted by Gasteiger charge is -2.32. The molecule has 0 aliphatic carbocycles. The number of halogens is 1. The van der Waals surface area contributed by atoms with Crippen LogP contribution in [0.1, 0.15) is 48.0 Å². The zero-order valence-electron chi connectivity index (χ0n) is 18.8. The molecule has 1 N–H and O–H groups in total. The zero-order chi connectivity index (χ0) is 23.2. The van der Waals surface area contributed by atoms with E-state index in [1.165, 1.54) is 12.1 Å². The second-order valence-corrected chi connectivity index (χ2v) is 8.87. The van der Waals surface area contributed by atoms with Gasteiger partial charge < -0.3 is 15.1 Å². The van der Waals surface area contributed by atoms with Crippen LogP contribution in [0, 0.1) is 11.7 Å². The Morgan fingerprint density at radius 1 is 0.879 bits per heavy atom. The van der Waals surface area contributed by atoms with E-state index in [2.05, 4.69) is 5.32 Å². The van der Waals surface area contributed by atoms with Crippen LogP contribution < -0.4 is 5.32 Å². The molecule has 0 saturated carbocycles. The lowest BCUT2D eigenvalue weighted by molar-refractivity contribution is -0.133. The van der Waals surface area contributed by atoms with Gasteiger partial charge in [-0.2, -0.15) is 0 Å². The average Bonchev–Trinajstić information content (AvgIpc) is 2.86. The van der Waals surface area contributed by atoms with Gasteiger partial charge in [0.25, 0.3) is 5.91 Å². The highest BCUT2D eigenvalue weighted by atomic mass is 19.1. The SMILES string of the molecule is O=C(Nc1ccccc1C(=O)N1CCCCC1)C1CCCN(C(=O)Cc2ccc(F)cc2)C1. The predicted octanol–water partition coefficient (Wildman–Crippen LogP) is 3.87. The van der Waals surface area contributed by atoms with E-state index in [-0.39, 0.29) is 35.9 Å². The summed E-state index contributed by atoms with van der Waals surface area (Å²) in [4.78, 5) is 42.4. The van der Waals surface area contributed by atoms with Gasteiger partial charge in [0.05, 0.1) is 23.6 Å². The summed E-state index contributed by atoms with van der Waals surface area (Å²) >= 11 is 0. The van der Waals surface area contributed by atoms with Crippen LogP contribution in [0.25, 0.3) is 0 Å². The smallest absolute Gasteiger partial charge is 0.255 e. The summed E-state index contributed by atoms with van der Waals surface area (Å²) in [6.07, 6.45) is 4.76. The number of para-hydroxylation sites is 1. The molecule has 0 bridgehead atoms. The molecular weight excluding hydrogens is 421 g/mol. The first-order chi connectivity index (χ1) is 16.0. The number of piperidine rings is 2. The topological polar surface area (TPSA) is 69.7 Å². The molecule has 2 aliphatic rings. The number of carbonyl (C=O) groups is 3. The Morgan fingerprint density at radius 2 is 1.58 bits per heavy atom. The summed E-state index contributed by atoms with van der Waals surface area (Å²) in [6, 6.07) is 13.0.